The van der Waals surface area contributed by atoms with Crippen molar-refractivity contribution in [3.8, 4) is 0 Å². The largest absolute Gasteiger partial charge is 0.478 e. The highest BCUT2D eigenvalue weighted by Gasteiger charge is 2.11. The number of benzene rings is 1. The second-order valence-electron chi connectivity index (χ2n) is 5.13. The third-order valence-electron chi connectivity index (χ3n) is 3.53. The van der Waals surface area contributed by atoms with Crippen LogP contribution in [0.2, 0.25) is 0 Å². The topological polar surface area (TPSA) is 49.3 Å². The highest BCUT2D eigenvalue weighted by molar-refractivity contribution is 5.85. The van der Waals surface area contributed by atoms with Crippen molar-refractivity contribution in [2.75, 3.05) is 5.32 Å². The zero-order chi connectivity index (χ0) is 13.5. The Hall–Kier alpha value is -1.77. The maximum atomic E-state index is 10.5. The van der Waals surface area contributed by atoms with Crippen molar-refractivity contribution in [1.82, 2.24) is 0 Å². The van der Waals surface area contributed by atoms with Crippen LogP contribution in [0.4, 0.5) is 5.69 Å². The molecule has 1 saturated carbocycles. The number of hydrogen-bond donors (Lipinski definition) is 2. The molecule has 0 aliphatic heterocycles. The number of carboxylic acids is 1. The Kier molecular flexibility index (Phi) is 5.01. The molecular weight excluding hydrogens is 238 g/mol. The summed E-state index contributed by atoms with van der Waals surface area (Å²) in [7, 11) is 0. The lowest BCUT2D eigenvalue weighted by atomic mass is 10.1. The second kappa shape index (κ2) is 6.98. The highest BCUT2D eigenvalue weighted by atomic mass is 16.4. The summed E-state index contributed by atoms with van der Waals surface area (Å²) in [5, 5.41) is 12.2. The van der Waals surface area contributed by atoms with Gasteiger partial charge in [0.25, 0.3) is 0 Å². The van der Waals surface area contributed by atoms with Crippen LogP contribution >= 0.6 is 0 Å². The van der Waals surface area contributed by atoms with Gasteiger partial charge in [0.2, 0.25) is 0 Å². The van der Waals surface area contributed by atoms with Gasteiger partial charge in [0.05, 0.1) is 0 Å². The smallest absolute Gasteiger partial charge is 0.328 e. The van der Waals surface area contributed by atoms with E-state index in [0.29, 0.717) is 6.04 Å². The van der Waals surface area contributed by atoms with Crippen molar-refractivity contribution in [3.63, 3.8) is 0 Å². The summed E-state index contributed by atoms with van der Waals surface area (Å²) < 4.78 is 0. The normalized spacial score (nSPS) is 17.3. The minimum Gasteiger partial charge on any atom is -0.478 e. The van der Waals surface area contributed by atoms with Crippen molar-refractivity contribution in [2.45, 2.75) is 44.6 Å². The van der Waals surface area contributed by atoms with Crippen LogP contribution in [0.1, 0.15) is 44.1 Å². The summed E-state index contributed by atoms with van der Waals surface area (Å²) in [6.07, 6.45) is 10.6. The standard InChI is InChI=1S/C16H21NO2/c18-16(19)11-10-13-6-5-9-15(12-13)17-14-7-3-1-2-4-8-14/h5-6,9-12,14,17H,1-4,7-8H2,(H,18,19)/b11-10+. The predicted octanol–water partition coefficient (Wildman–Crippen LogP) is 3.92. The molecule has 0 spiro atoms. The minimum atomic E-state index is -0.915. The summed E-state index contributed by atoms with van der Waals surface area (Å²) in [5.74, 6) is -0.915. The number of nitrogens with one attached hydrogen (secondary N) is 1. The first-order valence-corrected chi connectivity index (χ1v) is 7.01. The average molecular weight is 259 g/mol. The van der Waals surface area contributed by atoms with Gasteiger partial charge < -0.3 is 10.4 Å². The summed E-state index contributed by atoms with van der Waals surface area (Å²) in [4.78, 5) is 10.5. The van der Waals surface area contributed by atoms with E-state index in [0.717, 1.165) is 11.3 Å². The van der Waals surface area contributed by atoms with E-state index in [9.17, 15) is 4.79 Å². The zero-order valence-electron chi connectivity index (χ0n) is 11.1. The van der Waals surface area contributed by atoms with Crippen LogP contribution in [-0.4, -0.2) is 17.1 Å². The molecule has 1 aliphatic rings. The molecule has 1 fully saturated rings. The maximum absolute atomic E-state index is 10.5. The van der Waals surface area contributed by atoms with Gasteiger partial charge in [0, 0.05) is 17.8 Å². The molecular formula is C16H21NO2. The third kappa shape index (κ3) is 4.78. The van der Waals surface area contributed by atoms with E-state index < -0.39 is 5.97 Å². The molecule has 0 aromatic heterocycles. The lowest BCUT2D eigenvalue weighted by Crippen LogP contribution is -2.18. The van der Waals surface area contributed by atoms with E-state index >= 15 is 0 Å². The molecule has 0 atom stereocenters. The van der Waals surface area contributed by atoms with Crippen LogP contribution in [0, 0.1) is 0 Å². The molecule has 0 bridgehead atoms. The molecule has 1 aromatic rings. The number of rotatable bonds is 4. The van der Waals surface area contributed by atoms with Crippen LogP contribution in [0.5, 0.6) is 0 Å². The summed E-state index contributed by atoms with van der Waals surface area (Å²) in [6, 6.07) is 8.48. The number of hydrogen-bond acceptors (Lipinski definition) is 2. The van der Waals surface area contributed by atoms with Crippen LogP contribution < -0.4 is 5.32 Å². The van der Waals surface area contributed by atoms with Gasteiger partial charge in [-0.15, -0.1) is 0 Å². The van der Waals surface area contributed by atoms with Gasteiger partial charge in [0.15, 0.2) is 0 Å². The van der Waals surface area contributed by atoms with Crippen molar-refractivity contribution < 1.29 is 9.90 Å². The Morgan fingerprint density at radius 3 is 2.63 bits per heavy atom. The van der Waals surface area contributed by atoms with E-state index in [1.165, 1.54) is 44.6 Å². The lowest BCUT2D eigenvalue weighted by molar-refractivity contribution is -0.131. The van der Waals surface area contributed by atoms with Crippen molar-refractivity contribution >= 4 is 17.7 Å². The Bertz CT molecular complexity index is 446. The first-order valence-electron chi connectivity index (χ1n) is 7.01. The fraction of sp³-hybridized carbons (Fsp3) is 0.438. The van der Waals surface area contributed by atoms with Gasteiger partial charge >= 0.3 is 5.97 Å². The highest BCUT2D eigenvalue weighted by Crippen LogP contribution is 2.21. The Balaban J connectivity index is 1.99. The van der Waals surface area contributed by atoms with Crippen molar-refractivity contribution in [1.29, 1.82) is 0 Å². The molecule has 0 heterocycles. The number of carbonyl (C=O) groups is 1. The third-order valence-corrected chi connectivity index (χ3v) is 3.53. The van der Waals surface area contributed by atoms with Gasteiger partial charge in [-0.25, -0.2) is 4.79 Å². The molecule has 0 radical (unpaired) electrons. The molecule has 0 amide bonds. The Morgan fingerprint density at radius 2 is 1.95 bits per heavy atom. The molecule has 1 aliphatic carbocycles. The fourth-order valence-electron chi connectivity index (χ4n) is 2.56. The van der Waals surface area contributed by atoms with Gasteiger partial charge in [-0.05, 0) is 36.6 Å². The summed E-state index contributed by atoms with van der Waals surface area (Å²) in [6.45, 7) is 0. The molecule has 2 N–H and O–H groups in total. The first kappa shape index (κ1) is 13.7. The summed E-state index contributed by atoms with van der Waals surface area (Å²) in [5.41, 5.74) is 2.00. The van der Waals surface area contributed by atoms with Crippen molar-refractivity contribution in [3.05, 3.63) is 35.9 Å². The van der Waals surface area contributed by atoms with E-state index in [2.05, 4.69) is 5.32 Å². The average Bonchev–Trinajstić information content (AvgIpc) is 2.65. The fourth-order valence-corrected chi connectivity index (χ4v) is 2.56. The molecule has 3 nitrogen and oxygen atoms in total. The predicted molar refractivity (Wildman–Crippen MR) is 78.2 cm³/mol. The molecule has 1 aromatic carbocycles. The van der Waals surface area contributed by atoms with Gasteiger partial charge in [-0.2, -0.15) is 0 Å². The zero-order valence-corrected chi connectivity index (χ0v) is 11.1. The quantitative estimate of drug-likeness (QED) is 0.636. The lowest BCUT2D eigenvalue weighted by Gasteiger charge is -2.17. The van der Waals surface area contributed by atoms with E-state index in [4.69, 9.17) is 5.11 Å². The number of anilines is 1. The van der Waals surface area contributed by atoms with Gasteiger partial charge in [0.1, 0.15) is 0 Å². The molecule has 0 saturated heterocycles. The number of aliphatic carboxylic acids is 1. The van der Waals surface area contributed by atoms with E-state index in [-0.39, 0.29) is 0 Å². The Labute approximate surface area is 114 Å². The minimum absolute atomic E-state index is 0.557. The van der Waals surface area contributed by atoms with E-state index in [1.807, 2.05) is 24.3 Å². The Morgan fingerprint density at radius 1 is 1.21 bits per heavy atom. The summed E-state index contributed by atoms with van der Waals surface area (Å²) >= 11 is 0. The van der Waals surface area contributed by atoms with E-state index in [1.54, 1.807) is 6.08 Å². The molecule has 19 heavy (non-hydrogen) atoms. The number of carboxylic acid groups (broad SMARTS) is 1. The van der Waals surface area contributed by atoms with Crippen LogP contribution in [0.25, 0.3) is 6.08 Å². The molecule has 2 rings (SSSR count). The van der Waals surface area contributed by atoms with Gasteiger partial charge in [-0.1, -0.05) is 37.8 Å². The monoisotopic (exact) mass is 259 g/mol. The van der Waals surface area contributed by atoms with Crippen LogP contribution in [-0.2, 0) is 4.79 Å². The molecule has 102 valence electrons. The van der Waals surface area contributed by atoms with Gasteiger partial charge in [-0.3, -0.25) is 0 Å². The second-order valence-corrected chi connectivity index (χ2v) is 5.13. The SMILES string of the molecule is O=C(O)/C=C/c1cccc(NC2CCCCCC2)c1. The first-order chi connectivity index (χ1) is 9.24. The van der Waals surface area contributed by atoms with Crippen LogP contribution in [0.15, 0.2) is 30.3 Å². The maximum Gasteiger partial charge on any atom is 0.328 e. The molecule has 3 heteroatoms. The molecule has 0 unspecified atom stereocenters. The van der Waals surface area contributed by atoms with Crippen LogP contribution in [0.3, 0.4) is 0 Å². The van der Waals surface area contributed by atoms with Crippen molar-refractivity contribution in [2.24, 2.45) is 0 Å².